The smallest absolute Gasteiger partial charge is 0.417 e. The number of rotatable bonds is 6. The summed E-state index contributed by atoms with van der Waals surface area (Å²) >= 11 is 3.23. The summed E-state index contributed by atoms with van der Waals surface area (Å²) in [6, 6.07) is 18.8. The fourth-order valence-corrected chi connectivity index (χ4v) is 2.37. The molecule has 0 aromatic heterocycles. The van der Waals surface area contributed by atoms with E-state index in [1.807, 2.05) is 60.7 Å². The van der Waals surface area contributed by atoms with Crippen LogP contribution in [-0.4, -0.2) is 22.2 Å². The predicted molar refractivity (Wildman–Crippen MR) is 92.0 cm³/mol. The van der Waals surface area contributed by atoms with E-state index in [2.05, 4.69) is 15.9 Å². The molecule has 0 atom stereocenters. The highest BCUT2D eigenvalue weighted by Crippen LogP contribution is 2.10. The molecule has 0 radical (unpaired) electrons. The van der Waals surface area contributed by atoms with Crippen molar-refractivity contribution in [2.75, 3.05) is 5.33 Å². The zero-order chi connectivity index (χ0) is 16.5. The van der Waals surface area contributed by atoms with Gasteiger partial charge in [-0.3, -0.25) is 4.79 Å². The third kappa shape index (κ3) is 5.53. The molecule has 0 aliphatic heterocycles. The van der Waals surface area contributed by atoms with E-state index in [4.69, 9.17) is 4.74 Å². The number of amides is 2. The quantitative estimate of drug-likeness (QED) is 0.712. The van der Waals surface area contributed by atoms with Gasteiger partial charge in [-0.05, 0) is 11.1 Å². The van der Waals surface area contributed by atoms with E-state index >= 15 is 0 Å². The van der Waals surface area contributed by atoms with Crippen LogP contribution in [0.3, 0.4) is 0 Å². The van der Waals surface area contributed by atoms with Gasteiger partial charge in [0.05, 0.1) is 6.54 Å². The first-order valence-electron chi connectivity index (χ1n) is 7.31. The minimum absolute atomic E-state index is 0.145. The lowest BCUT2D eigenvalue weighted by molar-refractivity contribution is -0.129. The molecule has 2 aromatic rings. The molecular weight excluding hydrogens is 358 g/mol. The first kappa shape index (κ1) is 17.2. The maximum Gasteiger partial charge on any atom is 0.417 e. The Hall–Kier alpha value is -2.14. The highest BCUT2D eigenvalue weighted by atomic mass is 79.9. The summed E-state index contributed by atoms with van der Waals surface area (Å²) < 4.78 is 5.28. The topological polar surface area (TPSA) is 46.6 Å². The van der Waals surface area contributed by atoms with Crippen molar-refractivity contribution < 1.29 is 14.3 Å². The number of alkyl halides is 1. The zero-order valence-corrected chi connectivity index (χ0v) is 14.2. The van der Waals surface area contributed by atoms with Crippen LogP contribution in [0, 0.1) is 0 Å². The lowest BCUT2D eigenvalue weighted by Crippen LogP contribution is -2.36. The van der Waals surface area contributed by atoms with Gasteiger partial charge in [0.15, 0.2) is 0 Å². The average Bonchev–Trinajstić information content (AvgIpc) is 2.59. The van der Waals surface area contributed by atoms with Crippen LogP contribution in [0.15, 0.2) is 60.7 Å². The second-order valence-corrected chi connectivity index (χ2v) is 5.74. The van der Waals surface area contributed by atoms with Crippen molar-refractivity contribution in [2.45, 2.75) is 19.6 Å². The molecule has 120 valence electrons. The minimum atomic E-state index is -0.622. The molecule has 0 spiro atoms. The fraction of sp³-hybridized carbons (Fsp3) is 0.222. The van der Waals surface area contributed by atoms with E-state index in [9.17, 15) is 9.59 Å². The molecule has 0 saturated carbocycles. The van der Waals surface area contributed by atoms with E-state index < -0.39 is 6.09 Å². The van der Waals surface area contributed by atoms with Gasteiger partial charge in [0.2, 0.25) is 5.91 Å². The van der Waals surface area contributed by atoms with Gasteiger partial charge in [-0.15, -0.1) is 0 Å². The first-order valence-corrected chi connectivity index (χ1v) is 8.44. The Bertz CT molecular complexity index is 631. The Morgan fingerprint density at radius 2 is 1.48 bits per heavy atom. The van der Waals surface area contributed by atoms with Crippen LogP contribution < -0.4 is 0 Å². The third-order valence-corrected chi connectivity index (χ3v) is 3.61. The fourth-order valence-electron chi connectivity index (χ4n) is 2.03. The van der Waals surface area contributed by atoms with Crippen LogP contribution in [0.1, 0.15) is 17.5 Å². The van der Waals surface area contributed by atoms with Gasteiger partial charge in [-0.2, -0.15) is 0 Å². The van der Waals surface area contributed by atoms with Gasteiger partial charge in [-0.1, -0.05) is 76.6 Å². The van der Waals surface area contributed by atoms with Gasteiger partial charge in [0.1, 0.15) is 6.61 Å². The molecule has 0 aliphatic rings. The number of carbonyl (C=O) groups excluding carboxylic acids is 2. The van der Waals surface area contributed by atoms with Crippen molar-refractivity contribution in [3.05, 3.63) is 71.8 Å². The Kier molecular flexibility index (Phi) is 6.81. The highest BCUT2D eigenvalue weighted by molar-refractivity contribution is 9.09. The Morgan fingerprint density at radius 3 is 2.04 bits per heavy atom. The molecule has 0 aliphatic carbocycles. The number of benzene rings is 2. The first-order chi connectivity index (χ1) is 11.2. The molecule has 0 bridgehead atoms. The predicted octanol–water partition coefficient (Wildman–Crippen LogP) is 4.14. The lowest BCUT2D eigenvalue weighted by Gasteiger charge is -2.20. The summed E-state index contributed by atoms with van der Waals surface area (Å²) in [5.74, 6) is -0.260. The van der Waals surface area contributed by atoms with E-state index in [1.165, 1.54) is 0 Å². The average molecular weight is 376 g/mol. The number of carbonyl (C=O) groups is 2. The van der Waals surface area contributed by atoms with Crippen molar-refractivity contribution in [3.63, 3.8) is 0 Å². The molecule has 0 heterocycles. The SMILES string of the molecule is O=C(CCBr)N(Cc1ccccc1)C(=O)OCc1ccccc1. The van der Waals surface area contributed by atoms with Crippen LogP contribution in [0.2, 0.25) is 0 Å². The third-order valence-electron chi connectivity index (χ3n) is 3.22. The van der Waals surface area contributed by atoms with E-state index in [-0.39, 0.29) is 25.5 Å². The molecular formula is C18H18BrNO3. The summed E-state index contributed by atoms with van der Waals surface area (Å²) in [6.07, 6.45) is -0.378. The minimum Gasteiger partial charge on any atom is -0.444 e. The molecule has 0 fully saturated rings. The van der Waals surface area contributed by atoms with Crippen molar-refractivity contribution >= 4 is 27.9 Å². The standard InChI is InChI=1S/C18H18BrNO3/c19-12-11-17(21)20(13-15-7-3-1-4-8-15)18(22)23-14-16-9-5-2-6-10-16/h1-10H,11-14H2. The highest BCUT2D eigenvalue weighted by Gasteiger charge is 2.22. The van der Waals surface area contributed by atoms with Gasteiger partial charge in [0, 0.05) is 11.8 Å². The number of ether oxygens (including phenoxy) is 1. The molecule has 4 nitrogen and oxygen atoms in total. The molecule has 0 saturated heterocycles. The van der Waals surface area contributed by atoms with Crippen molar-refractivity contribution in [2.24, 2.45) is 0 Å². The van der Waals surface area contributed by atoms with Crippen molar-refractivity contribution in [3.8, 4) is 0 Å². The number of imide groups is 1. The van der Waals surface area contributed by atoms with Gasteiger partial charge in [-0.25, -0.2) is 9.69 Å². The molecule has 2 rings (SSSR count). The number of nitrogens with zero attached hydrogens (tertiary/aromatic N) is 1. The Balaban J connectivity index is 2.03. The summed E-state index contributed by atoms with van der Waals surface area (Å²) in [6.45, 7) is 0.354. The van der Waals surface area contributed by atoms with Crippen LogP contribution in [0.4, 0.5) is 4.79 Å². The molecule has 2 aromatic carbocycles. The number of halogens is 1. The molecule has 23 heavy (non-hydrogen) atoms. The maximum absolute atomic E-state index is 12.3. The summed E-state index contributed by atoms with van der Waals surface area (Å²) in [5, 5.41) is 0.503. The van der Waals surface area contributed by atoms with Crippen LogP contribution >= 0.6 is 15.9 Å². The summed E-state index contributed by atoms with van der Waals surface area (Å²) in [5.41, 5.74) is 1.76. The lowest BCUT2D eigenvalue weighted by atomic mass is 10.2. The van der Waals surface area contributed by atoms with Crippen LogP contribution in [-0.2, 0) is 22.7 Å². The van der Waals surface area contributed by atoms with E-state index in [0.717, 1.165) is 16.0 Å². The van der Waals surface area contributed by atoms with Crippen LogP contribution in [0.5, 0.6) is 0 Å². The van der Waals surface area contributed by atoms with Crippen LogP contribution in [0.25, 0.3) is 0 Å². The number of hydrogen-bond donors (Lipinski definition) is 0. The Morgan fingerprint density at radius 1 is 0.913 bits per heavy atom. The normalized spacial score (nSPS) is 10.1. The summed E-state index contributed by atoms with van der Waals surface area (Å²) in [7, 11) is 0. The van der Waals surface area contributed by atoms with Gasteiger partial charge in [0.25, 0.3) is 0 Å². The summed E-state index contributed by atoms with van der Waals surface area (Å²) in [4.78, 5) is 25.7. The monoisotopic (exact) mass is 375 g/mol. The molecule has 0 N–H and O–H groups in total. The second kappa shape index (κ2) is 9.10. The number of hydrogen-bond acceptors (Lipinski definition) is 3. The van der Waals surface area contributed by atoms with Crippen molar-refractivity contribution in [1.82, 2.24) is 4.90 Å². The van der Waals surface area contributed by atoms with Crippen molar-refractivity contribution in [1.29, 1.82) is 0 Å². The second-order valence-electron chi connectivity index (χ2n) is 4.94. The van der Waals surface area contributed by atoms with E-state index in [0.29, 0.717) is 5.33 Å². The maximum atomic E-state index is 12.3. The molecule has 0 unspecified atom stereocenters. The molecule has 5 heteroatoms. The Labute approximate surface area is 144 Å². The van der Waals surface area contributed by atoms with Gasteiger partial charge < -0.3 is 4.74 Å². The largest absolute Gasteiger partial charge is 0.444 e. The van der Waals surface area contributed by atoms with E-state index in [1.54, 1.807) is 0 Å². The molecule has 2 amide bonds. The zero-order valence-electron chi connectivity index (χ0n) is 12.7. The van der Waals surface area contributed by atoms with Gasteiger partial charge >= 0.3 is 6.09 Å².